The Balaban J connectivity index is 0.000000146. The number of hydrogen-bond acceptors (Lipinski definition) is 22. The fourth-order valence-corrected chi connectivity index (χ4v) is 13.0. The second-order valence-electron chi connectivity index (χ2n) is 26.7. The van der Waals surface area contributed by atoms with Crippen LogP contribution in [-0.2, 0) is 39.0 Å². The summed E-state index contributed by atoms with van der Waals surface area (Å²) in [6.45, 7) is 5.43. The van der Waals surface area contributed by atoms with E-state index < -0.39 is 28.5 Å². The summed E-state index contributed by atoms with van der Waals surface area (Å²) in [6, 6.07) is 29.2. The molecule has 6 aromatic heterocycles. The maximum absolute atomic E-state index is 14.6. The summed E-state index contributed by atoms with van der Waals surface area (Å²) in [4.78, 5) is 102. The van der Waals surface area contributed by atoms with Crippen molar-refractivity contribution in [1.29, 1.82) is 0 Å². The Morgan fingerprint density at radius 3 is 1.27 bits per heavy atom. The Morgan fingerprint density at radius 1 is 0.532 bits per heavy atom. The number of anilines is 6. The summed E-state index contributed by atoms with van der Waals surface area (Å²) >= 11 is 6.33. The van der Waals surface area contributed by atoms with Gasteiger partial charge in [0, 0.05) is 96.7 Å². The average Bonchev–Trinajstić information content (AvgIpc) is 1.63. The number of likely N-dealkylation sites (N-methyl/N-ethyl adjacent to an activating group) is 3. The van der Waals surface area contributed by atoms with E-state index in [0.717, 1.165) is 38.6 Å². The van der Waals surface area contributed by atoms with Gasteiger partial charge in [0.25, 0.3) is 16.7 Å². The number of benzene rings is 6. The van der Waals surface area contributed by atoms with Crippen LogP contribution in [0.5, 0.6) is 34.9 Å². The van der Waals surface area contributed by atoms with Gasteiger partial charge in [0.2, 0.25) is 35.4 Å². The van der Waals surface area contributed by atoms with Crippen LogP contribution in [0.15, 0.2) is 160 Å². The molecule has 14 N–H and O–H groups in total. The van der Waals surface area contributed by atoms with Gasteiger partial charge < -0.3 is 77.0 Å². The summed E-state index contributed by atoms with van der Waals surface area (Å²) in [5, 5.41) is 43.0. The Hall–Kier alpha value is -13.8. The van der Waals surface area contributed by atoms with Gasteiger partial charge in [-0.15, -0.1) is 0 Å². The first-order chi connectivity index (χ1) is 53.1. The number of H-pyrrole nitrogens is 3. The van der Waals surface area contributed by atoms with E-state index in [0.29, 0.717) is 97.7 Å². The van der Waals surface area contributed by atoms with E-state index in [-0.39, 0.29) is 111 Å². The normalized spacial score (nSPS) is 12.5. The molecule has 3 aliphatic heterocycles. The summed E-state index contributed by atoms with van der Waals surface area (Å²) in [5.74, 6) is -1.06. The minimum atomic E-state index is -0.679. The zero-order valence-corrected chi connectivity index (χ0v) is 61.8. The Labute approximate surface area is 635 Å². The molecule has 6 aromatic carbocycles. The number of hydrogen-bond donors (Lipinski definition) is 11. The van der Waals surface area contributed by atoms with E-state index in [1.54, 1.807) is 66.8 Å². The standard InChI is InChI=1S/C28H28N6O5.C25H23ClN6O4.C25H23FN6O4/c1-15-10-11-17(39-16(2)35)13-21(15)34-26(29)24-25(32-34)23-18-7-5-8-20(30-22(36)9-6-12-33(3)4)19(18)14-38-28(23)31-27(24)37;2*1-31(2)10-4-7-19(34)28-17-6-3-5-14-15(17)12-36-25-20(14)22-21(24(35)29-25)23(27)32(30-22)18-11-13(33)8-9-16(18)26/h5-11,13H,12,14,29H2,1-4H3,(H,30,36)(H,31,37);2*3-9,11,33H,10,12,27H2,1-2H3,(H,28,34)(H,29,35)/b9-6+;2*7-4+. The fraction of sp³-hybridized carbons (Fsp3) is 0.179. The van der Waals surface area contributed by atoms with Crippen molar-refractivity contribution in [3.63, 3.8) is 0 Å². The summed E-state index contributed by atoms with van der Waals surface area (Å²) in [6.07, 6.45) is 9.72. The first-order valence-electron chi connectivity index (χ1n) is 34.3. The Kier molecular flexibility index (Phi) is 21.2. The molecule has 0 saturated heterocycles. The molecule has 111 heavy (non-hydrogen) atoms. The number of esters is 1. The van der Waals surface area contributed by atoms with E-state index in [1.807, 2.05) is 88.2 Å². The van der Waals surface area contributed by atoms with E-state index >= 15 is 0 Å². The largest absolute Gasteiger partial charge is 0.508 e. The number of amides is 3. The van der Waals surface area contributed by atoms with Gasteiger partial charge in [0.15, 0.2) is 0 Å². The number of phenols is 2. The molecule has 9 heterocycles. The van der Waals surface area contributed by atoms with Crippen LogP contribution >= 0.6 is 11.6 Å². The van der Waals surface area contributed by atoms with Crippen LogP contribution in [-0.4, -0.2) is 155 Å². The molecule has 3 amide bonds. The Morgan fingerprint density at radius 2 is 0.892 bits per heavy atom. The number of aromatic hydroxyl groups is 2. The molecule has 0 aliphatic carbocycles. The topological polar surface area (TPSA) is 422 Å². The zero-order chi connectivity index (χ0) is 79.0. The number of phenolic OH excluding ortho intramolecular Hbond substituents is 2. The number of nitrogens with zero attached hydrogens (tertiary/aromatic N) is 9. The third kappa shape index (κ3) is 15.3. The molecule has 33 heteroatoms. The second-order valence-corrected chi connectivity index (χ2v) is 27.1. The lowest BCUT2D eigenvalue weighted by molar-refractivity contribution is -0.132. The van der Waals surface area contributed by atoms with Crippen molar-refractivity contribution < 1.29 is 52.7 Å². The predicted octanol–water partition coefficient (Wildman–Crippen LogP) is 9.17. The van der Waals surface area contributed by atoms with Crippen molar-refractivity contribution in [2.75, 3.05) is 95.1 Å². The molecule has 0 radical (unpaired) electrons. The number of pyridine rings is 3. The lowest BCUT2D eigenvalue weighted by Gasteiger charge is -2.22. The van der Waals surface area contributed by atoms with Crippen LogP contribution < -0.4 is 68.8 Å². The van der Waals surface area contributed by atoms with Gasteiger partial charge in [0.1, 0.15) is 98.7 Å². The van der Waals surface area contributed by atoms with Crippen LogP contribution in [0.4, 0.5) is 38.9 Å². The number of halogens is 2. The zero-order valence-electron chi connectivity index (χ0n) is 61.0. The molecule has 15 rings (SSSR count). The molecule has 0 atom stereocenters. The highest BCUT2D eigenvalue weighted by Gasteiger charge is 2.33. The highest BCUT2D eigenvalue weighted by Crippen LogP contribution is 2.47. The highest BCUT2D eigenvalue weighted by atomic mass is 35.5. The molecule has 0 saturated carbocycles. The van der Waals surface area contributed by atoms with E-state index in [1.165, 1.54) is 64.8 Å². The molecule has 0 fully saturated rings. The first kappa shape index (κ1) is 75.4. The van der Waals surface area contributed by atoms with Crippen molar-refractivity contribution in [1.82, 2.24) is 59.0 Å². The number of aromatic nitrogens is 9. The number of rotatable bonds is 16. The second kappa shape index (κ2) is 31.2. The minimum absolute atomic E-state index is 0.0296. The number of carbonyl (C=O) groups excluding carboxylic acids is 4. The molecule has 0 spiro atoms. The van der Waals surface area contributed by atoms with Gasteiger partial charge in [-0.2, -0.15) is 15.3 Å². The van der Waals surface area contributed by atoms with Crippen molar-refractivity contribution >= 4 is 103 Å². The van der Waals surface area contributed by atoms with Crippen LogP contribution in [0.1, 0.15) is 29.2 Å². The van der Waals surface area contributed by atoms with E-state index in [9.17, 15) is 48.2 Å². The van der Waals surface area contributed by atoms with Crippen molar-refractivity contribution in [3.8, 4) is 85.3 Å². The van der Waals surface area contributed by atoms with Crippen molar-refractivity contribution in [2.45, 2.75) is 33.7 Å². The average molecular weight is 1530 g/mol. The van der Waals surface area contributed by atoms with Gasteiger partial charge in [-0.05, 0) is 120 Å². The lowest BCUT2D eigenvalue weighted by atomic mass is 9.96. The van der Waals surface area contributed by atoms with Crippen molar-refractivity contribution in [2.24, 2.45) is 0 Å². The van der Waals surface area contributed by atoms with Gasteiger partial charge in [-0.25, -0.2) is 18.4 Å². The van der Waals surface area contributed by atoms with Crippen molar-refractivity contribution in [3.05, 3.63) is 210 Å². The molecular weight excluding hydrogens is 1450 g/mol. The quantitative estimate of drug-likeness (QED) is 0.0244. The van der Waals surface area contributed by atoms with Crippen LogP contribution in [0.25, 0.3) is 83.2 Å². The summed E-state index contributed by atoms with van der Waals surface area (Å²) in [5.41, 5.74) is 27.6. The van der Waals surface area contributed by atoms with Gasteiger partial charge in [0.05, 0.1) is 33.1 Å². The highest BCUT2D eigenvalue weighted by molar-refractivity contribution is 6.32. The van der Waals surface area contributed by atoms with E-state index in [4.69, 9.17) is 52.8 Å². The molecule has 0 unspecified atom stereocenters. The summed E-state index contributed by atoms with van der Waals surface area (Å²) in [7, 11) is 11.5. The lowest BCUT2D eigenvalue weighted by Crippen LogP contribution is -2.17. The number of nitrogens with one attached hydrogen (secondary N) is 6. The van der Waals surface area contributed by atoms with Crippen LogP contribution in [0.2, 0.25) is 5.02 Å². The molecule has 31 nitrogen and oxygen atoms in total. The molecule has 12 aromatic rings. The first-order valence-corrected chi connectivity index (χ1v) is 34.7. The molecular formula is C78H74ClFN18O13. The number of nitrogen functional groups attached to an aromatic ring is 3. The number of aryl methyl sites for hydroxylation is 1. The third-order valence-corrected chi connectivity index (χ3v) is 18.2. The Bertz CT molecular complexity index is 5850. The number of carbonyl (C=O) groups is 4. The van der Waals surface area contributed by atoms with E-state index in [2.05, 4.69) is 41.1 Å². The molecule has 568 valence electrons. The number of fused-ring (bicyclic) bond motifs is 15. The van der Waals surface area contributed by atoms with Crippen LogP contribution in [0.3, 0.4) is 0 Å². The monoisotopic (exact) mass is 1520 g/mol. The molecule has 0 bridgehead atoms. The number of ether oxygens (including phenoxy) is 4. The van der Waals surface area contributed by atoms with Gasteiger partial charge in [-0.1, -0.05) is 72.3 Å². The summed E-state index contributed by atoms with van der Waals surface area (Å²) < 4.78 is 41.3. The van der Waals surface area contributed by atoms with Gasteiger partial charge >= 0.3 is 5.97 Å². The fourth-order valence-electron chi connectivity index (χ4n) is 12.8. The maximum atomic E-state index is 14.6. The molecule has 3 aliphatic rings. The maximum Gasteiger partial charge on any atom is 0.308 e. The number of nitrogens with two attached hydrogens (primary N) is 3. The minimum Gasteiger partial charge on any atom is -0.508 e. The van der Waals surface area contributed by atoms with Crippen LogP contribution in [0, 0.1) is 12.7 Å². The predicted molar refractivity (Wildman–Crippen MR) is 421 cm³/mol. The third-order valence-electron chi connectivity index (χ3n) is 17.9. The smallest absolute Gasteiger partial charge is 0.308 e. The van der Waals surface area contributed by atoms with Gasteiger partial charge in [-0.3, -0.25) is 48.5 Å². The SMILES string of the molecule is CC(=O)Oc1ccc(C)c(-n2nc3c4c([nH]c(=O)c3c2N)OCc2c(NC(=O)/C=C/CN(C)C)cccc2-4)c1.CN(C)C/C=C/C(=O)Nc1cccc2c1COc1[nH]c(=O)c3c(N)n(-c4cc(O)ccc4Cl)nc3c1-2.CN(C)C/C=C/C(=O)Nc1cccc2c1COc1[nH]c(=O)c3c(N)n(-c4cc(O)ccc4F)nc3c1-2. The number of aromatic amines is 3.